The molecule has 3 rings (SSSR count). The number of carbonyl (C=O) groups is 2. The lowest BCUT2D eigenvalue weighted by Gasteiger charge is -2.07. The Kier molecular flexibility index (Phi) is 5.22. The summed E-state index contributed by atoms with van der Waals surface area (Å²) in [5, 5.41) is 21.6. The first-order chi connectivity index (χ1) is 12.7. The molecule has 0 atom stereocenters. The summed E-state index contributed by atoms with van der Waals surface area (Å²) in [6.07, 6.45) is 4.26. The van der Waals surface area contributed by atoms with Crippen LogP contribution in [0.1, 0.15) is 16.1 Å². The predicted molar refractivity (Wildman–Crippen MR) is 94.1 cm³/mol. The lowest BCUT2D eigenvalue weighted by Crippen LogP contribution is -2.31. The molecule has 26 heavy (non-hydrogen) atoms. The van der Waals surface area contributed by atoms with Crippen LogP contribution in [0.2, 0.25) is 0 Å². The molecule has 10 heteroatoms. The van der Waals surface area contributed by atoms with E-state index < -0.39 is 11.9 Å². The van der Waals surface area contributed by atoms with Gasteiger partial charge in [-0.2, -0.15) is 10.3 Å². The van der Waals surface area contributed by atoms with E-state index in [9.17, 15) is 9.59 Å². The minimum atomic E-state index is -0.461. The monoisotopic (exact) mass is 354 g/mol. The average molecular weight is 354 g/mol. The molecule has 4 N–H and O–H groups in total. The number of hydrogen-bond donors (Lipinski definition) is 4. The SMILES string of the molecule is CNC(=O)c1n[nH]nc1NC(=O)NCCc1ccc(-n2cccn2)cc1. The van der Waals surface area contributed by atoms with Crippen molar-refractivity contribution in [3.8, 4) is 5.69 Å². The van der Waals surface area contributed by atoms with Crippen LogP contribution in [0.3, 0.4) is 0 Å². The number of benzene rings is 1. The molecule has 3 amide bonds. The first kappa shape index (κ1) is 17.1. The van der Waals surface area contributed by atoms with E-state index in [1.54, 1.807) is 10.9 Å². The lowest BCUT2D eigenvalue weighted by molar-refractivity contribution is 0.0959. The van der Waals surface area contributed by atoms with Gasteiger partial charge in [-0.15, -0.1) is 10.2 Å². The molecule has 0 unspecified atom stereocenters. The second kappa shape index (κ2) is 7.92. The Morgan fingerprint density at radius 1 is 1.19 bits per heavy atom. The number of hydrogen-bond acceptors (Lipinski definition) is 5. The van der Waals surface area contributed by atoms with Crippen molar-refractivity contribution >= 4 is 17.8 Å². The van der Waals surface area contributed by atoms with Gasteiger partial charge in [-0.1, -0.05) is 12.1 Å². The number of nitrogens with zero attached hydrogens (tertiary/aromatic N) is 4. The topological polar surface area (TPSA) is 130 Å². The highest BCUT2D eigenvalue weighted by atomic mass is 16.2. The number of amides is 3. The maximum atomic E-state index is 11.9. The van der Waals surface area contributed by atoms with Crippen molar-refractivity contribution in [1.82, 2.24) is 35.8 Å². The van der Waals surface area contributed by atoms with Gasteiger partial charge in [0.05, 0.1) is 5.69 Å². The summed E-state index contributed by atoms with van der Waals surface area (Å²) < 4.78 is 1.78. The van der Waals surface area contributed by atoms with Crippen molar-refractivity contribution in [3.63, 3.8) is 0 Å². The zero-order valence-electron chi connectivity index (χ0n) is 14.1. The molecule has 0 aliphatic heterocycles. The van der Waals surface area contributed by atoms with Crippen LogP contribution >= 0.6 is 0 Å². The van der Waals surface area contributed by atoms with E-state index >= 15 is 0 Å². The minimum Gasteiger partial charge on any atom is -0.354 e. The number of urea groups is 1. The third-order valence-electron chi connectivity index (χ3n) is 3.63. The van der Waals surface area contributed by atoms with Gasteiger partial charge in [-0.25, -0.2) is 9.48 Å². The second-order valence-corrected chi connectivity index (χ2v) is 5.35. The zero-order chi connectivity index (χ0) is 18.4. The number of rotatable bonds is 6. The number of aromatic nitrogens is 5. The molecule has 10 nitrogen and oxygen atoms in total. The molecule has 1 aromatic carbocycles. The van der Waals surface area contributed by atoms with E-state index in [0.29, 0.717) is 13.0 Å². The molecule has 0 saturated carbocycles. The van der Waals surface area contributed by atoms with Crippen molar-refractivity contribution in [2.24, 2.45) is 0 Å². The van der Waals surface area contributed by atoms with Crippen LogP contribution in [0.25, 0.3) is 5.69 Å². The Balaban J connectivity index is 1.48. The molecule has 2 aromatic heterocycles. The van der Waals surface area contributed by atoms with Crippen molar-refractivity contribution < 1.29 is 9.59 Å². The van der Waals surface area contributed by atoms with Gasteiger partial charge in [0, 0.05) is 26.0 Å². The number of anilines is 1. The quantitative estimate of drug-likeness (QED) is 0.518. The van der Waals surface area contributed by atoms with Crippen LogP contribution < -0.4 is 16.0 Å². The van der Waals surface area contributed by atoms with E-state index in [1.807, 2.05) is 36.5 Å². The van der Waals surface area contributed by atoms with Gasteiger partial charge in [0.25, 0.3) is 5.91 Å². The summed E-state index contributed by atoms with van der Waals surface area (Å²) in [4.78, 5) is 23.5. The summed E-state index contributed by atoms with van der Waals surface area (Å²) in [5.74, 6) is -0.364. The number of H-pyrrole nitrogens is 1. The fourth-order valence-electron chi connectivity index (χ4n) is 2.30. The first-order valence-electron chi connectivity index (χ1n) is 7.94. The Morgan fingerprint density at radius 2 is 2.00 bits per heavy atom. The van der Waals surface area contributed by atoms with Crippen molar-refractivity contribution in [1.29, 1.82) is 0 Å². The highest BCUT2D eigenvalue weighted by Gasteiger charge is 2.16. The maximum absolute atomic E-state index is 11.9. The zero-order valence-corrected chi connectivity index (χ0v) is 14.1. The highest BCUT2D eigenvalue weighted by Crippen LogP contribution is 2.09. The van der Waals surface area contributed by atoms with Crippen LogP contribution in [0.4, 0.5) is 10.6 Å². The van der Waals surface area contributed by atoms with Crippen LogP contribution in [0, 0.1) is 0 Å². The van der Waals surface area contributed by atoms with Gasteiger partial charge in [0.1, 0.15) is 0 Å². The van der Waals surface area contributed by atoms with Crippen molar-refractivity contribution in [3.05, 3.63) is 54.0 Å². The second-order valence-electron chi connectivity index (χ2n) is 5.35. The van der Waals surface area contributed by atoms with Crippen LogP contribution in [0.5, 0.6) is 0 Å². The molecular formula is C16H18N8O2. The van der Waals surface area contributed by atoms with Crippen molar-refractivity contribution in [2.45, 2.75) is 6.42 Å². The van der Waals surface area contributed by atoms with Gasteiger partial charge in [-0.3, -0.25) is 10.1 Å². The lowest BCUT2D eigenvalue weighted by atomic mass is 10.1. The standard InChI is InChI=1S/C16H18N8O2/c1-17-15(25)13-14(22-23-21-13)20-16(26)18-9-7-11-3-5-12(6-4-11)24-10-2-8-19-24/h2-6,8,10H,7,9H2,1H3,(H,17,25)(H3,18,20,21,22,23,26). The molecule has 0 spiro atoms. The number of carbonyl (C=O) groups excluding carboxylic acids is 2. The molecule has 0 fully saturated rings. The molecule has 0 radical (unpaired) electrons. The highest BCUT2D eigenvalue weighted by molar-refractivity contribution is 6.00. The number of nitrogens with one attached hydrogen (secondary N) is 4. The maximum Gasteiger partial charge on any atom is 0.320 e. The summed E-state index contributed by atoms with van der Waals surface area (Å²) in [6.45, 7) is 0.431. The molecule has 0 saturated heterocycles. The summed E-state index contributed by atoms with van der Waals surface area (Å²) in [6, 6.07) is 9.30. The largest absolute Gasteiger partial charge is 0.354 e. The van der Waals surface area contributed by atoms with Gasteiger partial charge < -0.3 is 10.6 Å². The minimum absolute atomic E-state index is 0.0249. The predicted octanol–water partition coefficient (Wildman–Crippen LogP) is 0.714. The normalized spacial score (nSPS) is 10.3. The van der Waals surface area contributed by atoms with E-state index in [4.69, 9.17) is 0 Å². The Labute approximate surface area is 149 Å². The van der Waals surface area contributed by atoms with E-state index in [2.05, 4.69) is 36.5 Å². The molecule has 0 aliphatic rings. The molecule has 0 aliphatic carbocycles. The fraction of sp³-hybridized carbons (Fsp3) is 0.188. The van der Waals surface area contributed by atoms with Gasteiger partial charge in [-0.05, 0) is 30.2 Å². The molecule has 134 valence electrons. The van der Waals surface area contributed by atoms with Crippen LogP contribution in [0.15, 0.2) is 42.7 Å². The van der Waals surface area contributed by atoms with E-state index in [0.717, 1.165) is 11.3 Å². The Hall–Kier alpha value is -3.69. The van der Waals surface area contributed by atoms with Gasteiger partial charge in [0.2, 0.25) is 0 Å². The van der Waals surface area contributed by atoms with Crippen LogP contribution in [-0.2, 0) is 6.42 Å². The third-order valence-corrected chi connectivity index (χ3v) is 3.63. The van der Waals surface area contributed by atoms with Crippen molar-refractivity contribution in [2.75, 3.05) is 18.9 Å². The Morgan fingerprint density at radius 3 is 2.69 bits per heavy atom. The smallest absolute Gasteiger partial charge is 0.320 e. The molecule has 3 aromatic rings. The molecule has 2 heterocycles. The summed E-state index contributed by atoms with van der Waals surface area (Å²) in [7, 11) is 1.47. The van der Waals surface area contributed by atoms with Crippen LogP contribution in [-0.4, -0.2) is 50.7 Å². The number of aromatic amines is 1. The Bertz CT molecular complexity index is 870. The summed E-state index contributed by atoms with van der Waals surface area (Å²) in [5.41, 5.74) is 2.07. The molecular weight excluding hydrogens is 336 g/mol. The average Bonchev–Trinajstić information content (AvgIpc) is 3.33. The van der Waals surface area contributed by atoms with E-state index in [1.165, 1.54) is 7.05 Å². The summed E-state index contributed by atoms with van der Waals surface area (Å²) >= 11 is 0. The van der Waals surface area contributed by atoms with E-state index in [-0.39, 0.29) is 11.5 Å². The van der Waals surface area contributed by atoms with Gasteiger partial charge >= 0.3 is 6.03 Å². The first-order valence-corrected chi connectivity index (χ1v) is 7.94. The van der Waals surface area contributed by atoms with Gasteiger partial charge in [0.15, 0.2) is 11.5 Å². The fourth-order valence-corrected chi connectivity index (χ4v) is 2.30. The molecule has 0 bridgehead atoms. The third kappa shape index (κ3) is 4.04.